The van der Waals surface area contributed by atoms with Gasteiger partial charge in [-0.1, -0.05) is 18.2 Å². The zero-order chi connectivity index (χ0) is 17.4. The Morgan fingerprint density at radius 3 is 2.68 bits per heavy atom. The lowest BCUT2D eigenvalue weighted by Crippen LogP contribution is -2.48. The van der Waals surface area contributed by atoms with Crippen molar-refractivity contribution in [1.82, 2.24) is 9.88 Å². The molecule has 128 valence electrons. The number of piperidine rings is 1. The molecule has 0 aliphatic carbocycles. The molecule has 2 aliphatic rings. The number of pyridine rings is 1. The Kier molecular flexibility index (Phi) is 3.79. The predicted molar refractivity (Wildman–Crippen MR) is 99.7 cm³/mol. The summed E-state index contributed by atoms with van der Waals surface area (Å²) in [7, 11) is 0. The third-order valence-corrected chi connectivity index (χ3v) is 5.57. The summed E-state index contributed by atoms with van der Waals surface area (Å²) < 4.78 is 0. The molecule has 1 aromatic heterocycles. The standard InChI is InChI=1S/C20H22N4O/c1-14-13-21-10-7-17(14)23-19(25)24-11-8-20(9-12-24)15(2)22-18-6-4-3-5-16(18)20/h3-7,10,13H,8-9,11-12H2,1-2H3,(H,21,23,25). The molecule has 0 bridgehead atoms. The normalized spacial score (nSPS) is 18.0. The largest absolute Gasteiger partial charge is 0.324 e. The van der Waals surface area contributed by atoms with E-state index in [2.05, 4.69) is 35.4 Å². The van der Waals surface area contributed by atoms with Gasteiger partial charge in [0.05, 0.1) is 5.69 Å². The summed E-state index contributed by atoms with van der Waals surface area (Å²) in [5, 5.41) is 3.01. The molecule has 1 spiro atoms. The maximum atomic E-state index is 12.6. The van der Waals surface area contributed by atoms with Crippen LogP contribution in [-0.2, 0) is 5.41 Å². The first-order valence-electron chi connectivity index (χ1n) is 8.72. The van der Waals surface area contributed by atoms with Gasteiger partial charge in [0.15, 0.2) is 0 Å². The first-order chi connectivity index (χ1) is 12.1. The number of anilines is 1. The molecule has 1 N–H and O–H groups in total. The van der Waals surface area contributed by atoms with Gasteiger partial charge >= 0.3 is 6.03 Å². The van der Waals surface area contributed by atoms with Crippen molar-refractivity contribution in [2.24, 2.45) is 4.99 Å². The molecule has 5 nitrogen and oxygen atoms in total. The van der Waals surface area contributed by atoms with E-state index in [0.717, 1.165) is 42.9 Å². The van der Waals surface area contributed by atoms with Crippen molar-refractivity contribution in [3.8, 4) is 0 Å². The van der Waals surface area contributed by atoms with Crippen LogP contribution < -0.4 is 5.32 Å². The summed E-state index contributed by atoms with van der Waals surface area (Å²) >= 11 is 0. The van der Waals surface area contributed by atoms with Gasteiger partial charge in [0.25, 0.3) is 0 Å². The number of carbonyl (C=O) groups excluding carboxylic acids is 1. The fourth-order valence-corrected chi connectivity index (χ4v) is 3.99. The lowest BCUT2D eigenvalue weighted by Gasteiger charge is -2.40. The van der Waals surface area contributed by atoms with Crippen LogP contribution in [0, 0.1) is 6.92 Å². The van der Waals surface area contributed by atoms with Crippen LogP contribution in [0.3, 0.4) is 0 Å². The highest BCUT2D eigenvalue weighted by molar-refractivity contribution is 6.00. The van der Waals surface area contributed by atoms with Crippen LogP contribution in [0.1, 0.15) is 30.9 Å². The number of benzene rings is 1. The fourth-order valence-electron chi connectivity index (χ4n) is 3.99. The summed E-state index contributed by atoms with van der Waals surface area (Å²) in [5.74, 6) is 0. The third-order valence-electron chi connectivity index (χ3n) is 5.57. The number of aryl methyl sites for hydroxylation is 1. The summed E-state index contributed by atoms with van der Waals surface area (Å²) in [6, 6.07) is 10.2. The minimum Gasteiger partial charge on any atom is -0.324 e. The maximum absolute atomic E-state index is 12.6. The predicted octanol–water partition coefficient (Wildman–Crippen LogP) is 4.06. The van der Waals surface area contributed by atoms with Crippen molar-refractivity contribution in [3.05, 3.63) is 53.9 Å². The number of para-hydroxylation sites is 1. The van der Waals surface area contributed by atoms with Crippen molar-refractivity contribution in [3.63, 3.8) is 0 Å². The Labute approximate surface area is 147 Å². The zero-order valence-electron chi connectivity index (χ0n) is 14.6. The number of hydrogen-bond acceptors (Lipinski definition) is 3. The van der Waals surface area contributed by atoms with E-state index in [1.54, 1.807) is 12.4 Å². The second-order valence-corrected chi connectivity index (χ2v) is 6.90. The molecule has 1 saturated heterocycles. The van der Waals surface area contributed by atoms with E-state index >= 15 is 0 Å². The second-order valence-electron chi connectivity index (χ2n) is 6.90. The SMILES string of the molecule is CC1=Nc2ccccc2C12CCN(C(=O)Nc1ccncc1C)CC2. The summed E-state index contributed by atoms with van der Waals surface area (Å²) in [5.41, 5.74) is 5.38. The van der Waals surface area contributed by atoms with E-state index in [1.165, 1.54) is 11.3 Å². The van der Waals surface area contributed by atoms with E-state index in [-0.39, 0.29) is 11.4 Å². The Morgan fingerprint density at radius 2 is 1.92 bits per heavy atom. The molecule has 3 heterocycles. The number of rotatable bonds is 1. The second kappa shape index (κ2) is 5.99. The molecule has 1 aromatic carbocycles. The van der Waals surface area contributed by atoms with Crippen LogP contribution in [0.2, 0.25) is 0 Å². The lowest BCUT2D eigenvalue weighted by molar-refractivity contribution is 0.186. The van der Waals surface area contributed by atoms with Crippen molar-refractivity contribution in [2.45, 2.75) is 32.1 Å². The van der Waals surface area contributed by atoms with Gasteiger partial charge in [-0.3, -0.25) is 9.98 Å². The van der Waals surface area contributed by atoms with Crippen LogP contribution in [0.15, 0.2) is 47.7 Å². The molecular formula is C20H22N4O. The molecule has 2 amide bonds. The first-order valence-corrected chi connectivity index (χ1v) is 8.72. The van der Waals surface area contributed by atoms with Gasteiger partial charge in [0.1, 0.15) is 0 Å². The van der Waals surface area contributed by atoms with Gasteiger partial charge in [-0.2, -0.15) is 0 Å². The number of nitrogens with zero attached hydrogens (tertiary/aromatic N) is 3. The highest BCUT2D eigenvalue weighted by Gasteiger charge is 2.44. The quantitative estimate of drug-likeness (QED) is 0.855. The number of fused-ring (bicyclic) bond motifs is 2. The molecule has 25 heavy (non-hydrogen) atoms. The van der Waals surface area contributed by atoms with E-state index in [4.69, 9.17) is 4.99 Å². The van der Waals surface area contributed by atoms with Gasteiger partial charge in [0, 0.05) is 42.3 Å². The van der Waals surface area contributed by atoms with Gasteiger partial charge < -0.3 is 10.2 Å². The van der Waals surface area contributed by atoms with E-state index in [9.17, 15) is 4.79 Å². The molecular weight excluding hydrogens is 312 g/mol. The van der Waals surface area contributed by atoms with Gasteiger partial charge in [0.2, 0.25) is 0 Å². The van der Waals surface area contributed by atoms with Crippen molar-refractivity contribution >= 4 is 23.1 Å². The van der Waals surface area contributed by atoms with E-state index < -0.39 is 0 Å². The number of aromatic nitrogens is 1. The molecule has 0 atom stereocenters. The van der Waals surface area contributed by atoms with Crippen LogP contribution in [-0.4, -0.2) is 34.7 Å². The van der Waals surface area contributed by atoms with E-state index in [1.807, 2.05) is 24.0 Å². The molecule has 4 rings (SSSR count). The van der Waals surface area contributed by atoms with Crippen LogP contribution in [0.4, 0.5) is 16.2 Å². The zero-order valence-corrected chi connectivity index (χ0v) is 14.6. The fraction of sp³-hybridized carbons (Fsp3) is 0.350. The number of aliphatic imine (C=N–C) groups is 1. The topological polar surface area (TPSA) is 57.6 Å². The monoisotopic (exact) mass is 334 g/mol. The number of carbonyl (C=O) groups is 1. The third kappa shape index (κ3) is 2.60. The van der Waals surface area contributed by atoms with Crippen LogP contribution >= 0.6 is 0 Å². The highest BCUT2D eigenvalue weighted by atomic mass is 16.2. The lowest BCUT2D eigenvalue weighted by atomic mass is 9.71. The summed E-state index contributed by atoms with van der Waals surface area (Å²) in [4.78, 5) is 23.3. The number of urea groups is 1. The summed E-state index contributed by atoms with van der Waals surface area (Å²) in [6.07, 6.45) is 5.30. The van der Waals surface area contributed by atoms with Gasteiger partial charge in [-0.25, -0.2) is 4.79 Å². The van der Waals surface area contributed by atoms with Crippen LogP contribution in [0.25, 0.3) is 0 Å². The Bertz CT molecular complexity index is 850. The minimum absolute atomic E-state index is 0.0000428. The number of likely N-dealkylation sites (tertiary alicyclic amines) is 1. The first kappa shape index (κ1) is 15.8. The molecule has 0 saturated carbocycles. The molecule has 2 aromatic rings. The summed E-state index contributed by atoms with van der Waals surface area (Å²) in [6.45, 7) is 5.54. The number of nitrogens with one attached hydrogen (secondary N) is 1. The number of hydrogen-bond donors (Lipinski definition) is 1. The average molecular weight is 334 g/mol. The van der Waals surface area contributed by atoms with Gasteiger partial charge in [-0.15, -0.1) is 0 Å². The van der Waals surface area contributed by atoms with Gasteiger partial charge in [-0.05, 0) is 49.9 Å². The number of amides is 2. The molecule has 2 aliphatic heterocycles. The Hall–Kier alpha value is -2.69. The van der Waals surface area contributed by atoms with Crippen molar-refractivity contribution in [2.75, 3.05) is 18.4 Å². The highest BCUT2D eigenvalue weighted by Crippen LogP contribution is 2.46. The Balaban J connectivity index is 1.48. The maximum Gasteiger partial charge on any atom is 0.321 e. The van der Waals surface area contributed by atoms with Crippen molar-refractivity contribution < 1.29 is 4.79 Å². The van der Waals surface area contributed by atoms with E-state index in [0.29, 0.717) is 0 Å². The van der Waals surface area contributed by atoms with Crippen LogP contribution in [0.5, 0.6) is 0 Å². The smallest absolute Gasteiger partial charge is 0.321 e. The molecule has 0 radical (unpaired) electrons. The minimum atomic E-state index is -0.0370. The molecule has 1 fully saturated rings. The Morgan fingerprint density at radius 1 is 1.16 bits per heavy atom. The molecule has 5 heteroatoms. The van der Waals surface area contributed by atoms with Crippen molar-refractivity contribution in [1.29, 1.82) is 0 Å². The average Bonchev–Trinajstić information content (AvgIpc) is 2.90. The molecule has 0 unspecified atom stereocenters.